The van der Waals surface area contributed by atoms with Crippen LogP contribution in [0.5, 0.6) is 0 Å². The van der Waals surface area contributed by atoms with Crippen molar-refractivity contribution in [3.8, 4) is 0 Å². The van der Waals surface area contributed by atoms with E-state index in [2.05, 4.69) is 15.0 Å². The highest BCUT2D eigenvalue weighted by Crippen LogP contribution is 2.23. The average Bonchev–Trinajstić information content (AvgIpc) is 2.66. The monoisotopic (exact) mass is 276 g/mol. The average molecular weight is 276 g/mol. The third-order valence-corrected chi connectivity index (χ3v) is 4.67. The Balaban J connectivity index is 2.68. The second-order valence-electron chi connectivity index (χ2n) is 3.62. The van der Waals surface area contributed by atoms with Crippen LogP contribution in [0.1, 0.15) is 22.3 Å². The Kier molecular flexibility index (Phi) is 5.07. The molecule has 0 aliphatic heterocycles. The van der Waals surface area contributed by atoms with Crippen molar-refractivity contribution in [2.24, 2.45) is 0 Å². The number of ether oxygens (including phenoxy) is 1. The van der Waals surface area contributed by atoms with Crippen LogP contribution in [-0.4, -0.2) is 40.3 Å². The molecule has 1 rings (SSSR count). The van der Waals surface area contributed by atoms with E-state index in [9.17, 15) is 9.00 Å². The Morgan fingerprint density at radius 3 is 2.82 bits per heavy atom. The van der Waals surface area contributed by atoms with Crippen molar-refractivity contribution in [3.63, 3.8) is 0 Å². The first-order valence-corrected chi connectivity index (χ1v) is 7.51. The van der Waals surface area contributed by atoms with Gasteiger partial charge in [-0.15, -0.1) is 0 Å². The van der Waals surface area contributed by atoms with Gasteiger partial charge in [0.15, 0.2) is 5.13 Å². The molecule has 0 spiro atoms. The van der Waals surface area contributed by atoms with Crippen LogP contribution in [0.3, 0.4) is 0 Å². The number of rotatable bonds is 5. The van der Waals surface area contributed by atoms with Crippen LogP contribution >= 0.6 is 11.3 Å². The summed E-state index contributed by atoms with van der Waals surface area (Å²) in [6.07, 6.45) is 1.67. The zero-order valence-corrected chi connectivity index (χ0v) is 11.9. The molecule has 1 N–H and O–H groups in total. The number of aromatic nitrogens is 1. The van der Waals surface area contributed by atoms with Gasteiger partial charge in [0.05, 0.1) is 12.8 Å². The number of carbonyl (C=O) groups excluding carboxylic acids is 1. The largest absolute Gasteiger partial charge is 0.465 e. The minimum Gasteiger partial charge on any atom is -0.465 e. The number of hydrogen-bond acceptors (Lipinski definition) is 6. The van der Waals surface area contributed by atoms with Crippen LogP contribution in [0.4, 0.5) is 5.13 Å². The third-order valence-electron chi connectivity index (χ3n) is 2.27. The van der Waals surface area contributed by atoms with Gasteiger partial charge in [0, 0.05) is 28.9 Å². The van der Waals surface area contributed by atoms with E-state index in [0.717, 1.165) is 0 Å². The van der Waals surface area contributed by atoms with Gasteiger partial charge in [-0.25, -0.2) is 9.78 Å². The fourth-order valence-electron chi connectivity index (χ4n) is 1.10. The number of aryl methyl sites for hydroxylation is 1. The quantitative estimate of drug-likeness (QED) is 0.824. The maximum Gasteiger partial charge on any atom is 0.350 e. The number of nitrogens with one attached hydrogen (secondary N) is 1. The lowest BCUT2D eigenvalue weighted by atomic mass is 10.4. The summed E-state index contributed by atoms with van der Waals surface area (Å²) < 4.78 is 15.8. The van der Waals surface area contributed by atoms with Crippen molar-refractivity contribution in [2.45, 2.75) is 19.1 Å². The Bertz CT molecular complexity index is 431. The number of anilines is 1. The lowest BCUT2D eigenvalue weighted by molar-refractivity contribution is 0.0605. The normalized spacial score (nSPS) is 14.1. The zero-order valence-electron chi connectivity index (χ0n) is 10.3. The van der Waals surface area contributed by atoms with E-state index >= 15 is 0 Å². The van der Waals surface area contributed by atoms with Gasteiger partial charge in [0.1, 0.15) is 4.88 Å². The summed E-state index contributed by atoms with van der Waals surface area (Å²) in [5.74, 6) is -0.375. The van der Waals surface area contributed by atoms with Crippen LogP contribution in [-0.2, 0) is 15.5 Å². The van der Waals surface area contributed by atoms with Crippen molar-refractivity contribution in [2.75, 3.05) is 25.2 Å². The van der Waals surface area contributed by atoms with Gasteiger partial charge < -0.3 is 10.1 Å². The molecule has 0 aliphatic rings. The summed E-state index contributed by atoms with van der Waals surface area (Å²) in [5, 5.41) is 3.77. The lowest BCUT2D eigenvalue weighted by Crippen LogP contribution is -2.20. The maximum atomic E-state index is 11.4. The number of carbonyl (C=O) groups is 1. The van der Waals surface area contributed by atoms with Gasteiger partial charge in [-0.2, -0.15) is 0 Å². The van der Waals surface area contributed by atoms with Crippen LogP contribution in [0.2, 0.25) is 0 Å². The van der Waals surface area contributed by atoms with Crippen molar-refractivity contribution in [1.29, 1.82) is 0 Å². The van der Waals surface area contributed by atoms with Crippen molar-refractivity contribution < 1.29 is 13.7 Å². The summed E-state index contributed by atoms with van der Waals surface area (Å²) >= 11 is 1.25. The molecule has 2 atom stereocenters. The molecule has 0 saturated heterocycles. The number of esters is 1. The summed E-state index contributed by atoms with van der Waals surface area (Å²) in [6.45, 7) is 4.22. The van der Waals surface area contributed by atoms with E-state index in [4.69, 9.17) is 0 Å². The fourth-order valence-corrected chi connectivity index (χ4v) is 2.31. The number of methoxy groups -OCH3 is 1. The molecule has 2 unspecified atom stereocenters. The summed E-state index contributed by atoms with van der Waals surface area (Å²) in [4.78, 5) is 16.1. The molecule has 0 radical (unpaired) electrons. The molecule has 0 aromatic carbocycles. The molecular formula is C10H16N2O3S2. The van der Waals surface area contributed by atoms with Crippen LogP contribution in [0, 0.1) is 6.92 Å². The van der Waals surface area contributed by atoms with E-state index in [-0.39, 0.29) is 11.2 Å². The van der Waals surface area contributed by atoms with E-state index in [1.807, 2.05) is 6.92 Å². The van der Waals surface area contributed by atoms with Crippen LogP contribution < -0.4 is 5.32 Å². The van der Waals surface area contributed by atoms with Gasteiger partial charge in [0.25, 0.3) is 0 Å². The first-order valence-electron chi connectivity index (χ1n) is 5.07. The minimum atomic E-state index is -0.870. The second kappa shape index (κ2) is 6.11. The SMILES string of the molecule is COC(=O)c1sc(NCC(C)S(C)=O)nc1C. The van der Waals surface area contributed by atoms with Gasteiger partial charge >= 0.3 is 5.97 Å². The summed E-state index contributed by atoms with van der Waals surface area (Å²) in [5.41, 5.74) is 0.648. The second-order valence-corrected chi connectivity index (χ2v) is 6.42. The van der Waals surface area contributed by atoms with E-state index < -0.39 is 10.8 Å². The fraction of sp³-hybridized carbons (Fsp3) is 0.600. The standard InChI is InChI=1S/C10H16N2O3S2/c1-6(17(4)14)5-11-10-12-7(2)8(16-10)9(13)15-3/h6H,5H2,1-4H3,(H,11,12). The molecule has 0 fully saturated rings. The predicted octanol–water partition coefficient (Wildman–Crippen LogP) is 1.42. The molecule has 17 heavy (non-hydrogen) atoms. The van der Waals surface area contributed by atoms with Crippen molar-refractivity contribution in [1.82, 2.24) is 4.98 Å². The molecule has 1 aromatic rings. The molecular weight excluding hydrogens is 260 g/mol. The Morgan fingerprint density at radius 1 is 1.65 bits per heavy atom. The predicted molar refractivity (Wildman–Crippen MR) is 70.2 cm³/mol. The minimum absolute atomic E-state index is 0.0424. The molecule has 96 valence electrons. The van der Waals surface area contributed by atoms with Crippen molar-refractivity contribution in [3.05, 3.63) is 10.6 Å². The van der Waals surface area contributed by atoms with Crippen LogP contribution in [0.25, 0.3) is 0 Å². The molecule has 7 heteroatoms. The van der Waals surface area contributed by atoms with Gasteiger partial charge in [-0.1, -0.05) is 11.3 Å². The Morgan fingerprint density at radius 2 is 2.29 bits per heavy atom. The molecule has 0 aliphatic carbocycles. The highest BCUT2D eigenvalue weighted by molar-refractivity contribution is 7.84. The van der Waals surface area contributed by atoms with E-state index in [1.165, 1.54) is 18.4 Å². The molecule has 0 bridgehead atoms. The number of thiazole rings is 1. The zero-order chi connectivity index (χ0) is 13.0. The number of nitrogens with zero attached hydrogens (tertiary/aromatic N) is 1. The highest BCUT2D eigenvalue weighted by atomic mass is 32.2. The van der Waals surface area contributed by atoms with Crippen LogP contribution in [0.15, 0.2) is 0 Å². The van der Waals surface area contributed by atoms with E-state index in [0.29, 0.717) is 22.2 Å². The highest BCUT2D eigenvalue weighted by Gasteiger charge is 2.16. The molecule has 5 nitrogen and oxygen atoms in total. The molecule has 1 heterocycles. The Labute approximate surface area is 107 Å². The first kappa shape index (κ1) is 14.1. The van der Waals surface area contributed by atoms with Gasteiger partial charge in [-0.05, 0) is 13.8 Å². The smallest absolute Gasteiger partial charge is 0.350 e. The third kappa shape index (κ3) is 3.78. The Hall–Kier alpha value is -0.950. The lowest BCUT2D eigenvalue weighted by Gasteiger charge is -2.07. The van der Waals surface area contributed by atoms with Gasteiger partial charge in [-0.3, -0.25) is 4.21 Å². The first-order chi connectivity index (χ1) is 7.95. The molecule has 0 saturated carbocycles. The summed E-state index contributed by atoms with van der Waals surface area (Å²) in [7, 11) is 0.474. The molecule has 0 amide bonds. The van der Waals surface area contributed by atoms with Crippen molar-refractivity contribution >= 4 is 33.2 Å². The maximum absolute atomic E-state index is 11.4. The van der Waals surface area contributed by atoms with E-state index in [1.54, 1.807) is 13.2 Å². The van der Waals surface area contributed by atoms with Gasteiger partial charge in [0.2, 0.25) is 0 Å². The summed E-state index contributed by atoms with van der Waals surface area (Å²) in [6, 6.07) is 0. The number of hydrogen-bond donors (Lipinski definition) is 1. The topological polar surface area (TPSA) is 68.3 Å². The molecule has 1 aromatic heterocycles.